The average molecular weight is 295 g/mol. The molecule has 0 atom stereocenters. The summed E-state index contributed by atoms with van der Waals surface area (Å²) in [7, 11) is 1.90. The van der Waals surface area contributed by atoms with Gasteiger partial charge in [-0.3, -0.25) is 14.9 Å². The smallest absolute Gasteiger partial charge is 0.270 e. The maximum Gasteiger partial charge on any atom is 0.270 e. The Morgan fingerprint density at radius 1 is 1.29 bits per heavy atom. The van der Waals surface area contributed by atoms with Crippen molar-refractivity contribution in [3.05, 3.63) is 39.7 Å². The molecule has 2 N–H and O–H groups in total. The van der Waals surface area contributed by atoms with Gasteiger partial charge in [0.1, 0.15) is 5.82 Å². The van der Waals surface area contributed by atoms with E-state index in [1.807, 2.05) is 7.05 Å². The standard InChI is InChI=1S/C14H18FN3O3/c1-16-9-2-4-10(5-3-9)17-14(19)12-8-11(18(20)21)6-7-13(12)15/h6-10,16H,2-5H2,1H3,(H,17,19). The van der Waals surface area contributed by atoms with Crippen molar-refractivity contribution < 1.29 is 14.1 Å². The predicted molar refractivity (Wildman–Crippen MR) is 75.6 cm³/mol. The van der Waals surface area contributed by atoms with Crippen LogP contribution < -0.4 is 10.6 Å². The number of halogens is 1. The van der Waals surface area contributed by atoms with Gasteiger partial charge < -0.3 is 10.6 Å². The summed E-state index contributed by atoms with van der Waals surface area (Å²) in [5.74, 6) is -1.34. The van der Waals surface area contributed by atoms with Crippen LogP contribution in [0.2, 0.25) is 0 Å². The quantitative estimate of drug-likeness (QED) is 0.657. The molecule has 7 heteroatoms. The molecule has 1 aliphatic rings. The third kappa shape index (κ3) is 3.75. The maximum atomic E-state index is 13.7. The summed E-state index contributed by atoms with van der Waals surface area (Å²) in [5, 5.41) is 16.6. The lowest BCUT2D eigenvalue weighted by Gasteiger charge is -2.28. The second-order valence-electron chi connectivity index (χ2n) is 5.23. The highest BCUT2D eigenvalue weighted by Gasteiger charge is 2.23. The van der Waals surface area contributed by atoms with Crippen LogP contribution >= 0.6 is 0 Å². The molecule has 1 aromatic carbocycles. The largest absolute Gasteiger partial charge is 0.349 e. The van der Waals surface area contributed by atoms with E-state index in [1.165, 1.54) is 0 Å². The minimum Gasteiger partial charge on any atom is -0.349 e. The number of nitro groups is 1. The molecular formula is C14H18FN3O3. The summed E-state index contributed by atoms with van der Waals surface area (Å²) >= 11 is 0. The molecule has 1 amide bonds. The number of non-ortho nitro benzene ring substituents is 1. The Morgan fingerprint density at radius 3 is 2.48 bits per heavy atom. The summed E-state index contributed by atoms with van der Waals surface area (Å²) in [6.07, 6.45) is 3.51. The Morgan fingerprint density at radius 2 is 1.90 bits per heavy atom. The Bertz CT molecular complexity index is 542. The summed E-state index contributed by atoms with van der Waals surface area (Å²) in [6.45, 7) is 0. The third-order valence-corrected chi connectivity index (χ3v) is 3.88. The molecule has 0 saturated heterocycles. The Kier molecular flexibility index (Phi) is 4.85. The van der Waals surface area contributed by atoms with E-state index in [-0.39, 0.29) is 17.3 Å². The average Bonchev–Trinajstić information content (AvgIpc) is 2.48. The summed E-state index contributed by atoms with van der Waals surface area (Å²) < 4.78 is 13.7. The van der Waals surface area contributed by atoms with Crippen LogP contribution in [0.5, 0.6) is 0 Å². The van der Waals surface area contributed by atoms with E-state index >= 15 is 0 Å². The van der Waals surface area contributed by atoms with Gasteiger partial charge in [0.25, 0.3) is 11.6 Å². The van der Waals surface area contributed by atoms with Crippen LogP contribution in [-0.4, -0.2) is 30.0 Å². The number of hydrogen-bond donors (Lipinski definition) is 2. The first-order chi connectivity index (χ1) is 10.0. The minimum atomic E-state index is -0.748. The SMILES string of the molecule is CNC1CCC(NC(=O)c2cc([N+](=O)[O-])ccc2F)CC1. The van der Waals surface area contributed by atoms with Gasteiger partial charge >= 0.3 is 0 Å². The molecule has 1 saturated carbocycles. The van der Waals surface area contributed by atoms with Crippen molar-refractivity contribution in [2.75, 3.05) is 7.05 Å². The van der Waals surface area contributed by atoms with Gasteiger partial charge in [0.15, 0.2) is 0 Å². The van der Waals surface area contributed by atoms with Crippen molar-refractivity contribution in [3.8, 4) is 0 Å². The minimum absolute atomic E-state index is 0.0132. The molecule has 1 aliphatic carbocycles. The van der Waals surface area contributed by atoms with Crippen LogP contribution in [0.3, 0.4) is 0 Å². The van der Waals surface area contributed by atoms with Gasteiger partial charge in [-0.1, -0.05) is 0 Å². The molecule has 0 spiro atoms. The van der Waals surface area contributed by atoms with E-state index in [0.29, 0.717) is 6.04 Å². The van der Waals surface area contributed by atoms with Crippen molar-refractivity contribution >= 4 is 11.6 Å². The van der Waals surface area contributed by atoms with Crippen LogP contribution in [0.1, 0.15) is 36.0 Å². The molecule has 6 nitrogen and oxygen atoms in total. The van der Waals surface area contributed by atoms with E-state index in [2.05, 4.69) is 10.6 Å². The molecular weight excluding hydrogens is 277 g/mol. The monoisotopic (exact) mass is 295 g/mol. The van der Waals surface area contributed by atoms with Crippen LogP contribution in [0, 0.1) is 15.9 Å². The summed E-state index contributed by atoms with van der Waals surface area (Å²) in [5.41, 5.74) is -0.569. The molecule has 0 unspecified atom stereocenters. The molecule has 0 radical (unpaired) electrons. The fourth-order valence-corrected chi connectivity index (χ4v) is 2.59. The fraction of sp³-hybridized carbons (Fsp3) is 0.500. The van der Waals surface area contributed by atoms with Crippen LogP contribution in [-0.2, 0) is 0 Å². The highest BCUT2D eigenvalue weighted by molar-refractivity contribution is 5.95. The number of carbonyl (C=O) groups excluding carboxylic acids is 1. The van der Waals surface area contributed by atoms with Crippen LogP contribution in [0.15, 0.2) is 18.2 Å². The second kappa shape index (κ2) is 6.62. The van der Waals surface area contributed by atoms with E-state index in [0.717, 1.165) is 43.9 Å². The van der Waals surface area contributed by atoms with E-state index in [4.69, 9.17) is 0 Å². The Labute approximate surface area is 121 Å². The zero-order valence-corrected chi connectivity index (χ0v) is 11.8. The second-order valence-corrected chi connectivity index (χ2v) is 5.23. The molecule has 1 aromatic rings. The number of nitrogens with one attached hydrogen (secondary N) is 2. The van der Waals surface area contributed by atoms with E-state index in [1.54, 1.807) is 0 Å². The maximum absolute atomic E-state index is 13.7. The number of nitrogens with zero attached hydrogens (tertiary/aromatic N) is 1. The first-order valence-electron chi connectivity index (χ1n) is 6.93. The van der Waals surface area contributed by atoms with E-state index in [9.17, 15) is 19.3 Å². The lowest BCUT2D eigenvalue weighted by atomic mass is 9.91. The number of nitro benzene ring substituents is 1. The molecule has 2 rings (SSSR count). The van der Waals surface area contributed by atoms with Crippen molar-refractivity contribution in [1.29, 1.82) is 0 Å². The van der Waals surface area contributed by atoms with Gasteiger partial charge in [0, 0.05) is 24.2 Å². The molecule has 0 aliphatic heterocycles. The summed E-state index contributed by atoms with van der Waals surface area (Å²) in [6, 6.07) is 3.41. The zero-order valence-electron chi connectivity index (χ0n) is 11.8. The van der Waals surface area contributed by atoms with Crippen LogP contribution in [0.25, 0.3) is 0 Å². The topological polar surface area (TPSA) is 84.3 Å². The molecule has 0 bridgehead atoms. The normalized spacial score (nSPS) is 21.8. The van der Waals surface area contributed by atoms with Gasteiger partial charge in [-0.15, -0.1) is 0 Å². The van der Waals surface area contributed by atoms with Gasteiger partial charge in [-0.2, -0.15) is 0 Å². The van der Waals surface area contributed by atoms with Crippen molar-refractivity contribution in [2.45, 2.75) is 37.8 Å². The number of amides is 1. The summed E-state index contributed by atoms with van der Waals surface area (Å²) in [4.78, 5) is 22.1. The fourth-order valence-electron chi connectivity index (χ4n) is 2.59. The third-order valence-electron chi connectivity index (χ3n) is 3.88. The highest BCUT2D eigenvalue weighted by atomic mass is 19.1. The molecule has 114 valence electrons. The number of hydrogen-bond acceptors (Lipinski definition) is 4. The number of rotatable bonds is 4. The zero-order chi connectivity index (χ0) is 15.4. The lowest BCUT2D eigenvalue weighted by Crippen LogP contribution is -2.41. The Hall–Kier alpha value is -2.02. The Balaban J connectivity index is 2.03. The van der Waals surface area contributed by atoms with Crippen molar-refractivity contribution in [3.63, 3.8) is 0 Å². The first-order valence-corrected chi connectivity index (χ1v) is 6.93. The van der Waals surface area contributed by atoms with Gasteiger partial charge in [-0.05, 0) is 38.8 Å². The number of carbonyl (C=O) groups is 1. The molecule has 0 aromatic heterocycles. The highest BCUT2D eigenvalue weighted by Crippen LogP contribution is 2.20. The van der Waals surface area contributed by atoms with Gasteiger partial charge in [-0.25, -0.2) is 4.39 Å². The van der Waals surface area contributed by atoms with Crippen molar-refractivity contribution in [2.24, 2.45) is 0 Å². The first kappa shape index (κ1) is 15.4. The molecule has 0 heterocycles. The van der Waals surface area contributed by atoms with E-state index < -0.39 is 16.6 Å². The van der Waals surface area contributed by atoms with Gasteiger partial charge in [0.05, 0.1) is 10.5 Å². The van der Waals surface area contributed by atoms with Crippen LogP contribution in [0.4, 0.5) is 10.1 Å². The number of benzene rings is 1. The van der Waals surface area contributed by atoms with Crippen molar-refractivity contribution in [1.82, 2.24) is 10.6 Å². The predicted octanol–water partition coefficient (Wildman–Crippen LogP) is 1.99. The molecule has 21 heavy (non-hydrogen) atoms. The van der Waals surface area contributed by atoms with Gasteiger partial charge in [0.2, 0.25) is 0 Å². The lowest BCUT2D eigenvalue weighted by molar-refractivity contribution is -0.384. The molecule has 1 fully saturated rings.